The predicted octanol–water partition coefficient (Wildman–Crippen LogP) is 15.2. The first-order chi connectivity index (χ1) is 18.3. The molecule has 2 aromatic carbocycles. The van der Waals surface area contributed by atoms with Gasteiger partial charge in [0.25, 0.3) is 0 Å². The lowest BCUT2D eigenvalue weighted by Crippen LogP contribution is -2.00. The van der Waals surface area contributed by atoms with Crippen LogP contribution in [-0.4, -0.2) is 0 Å². The van der Waals surface area contributed by atoms with Crippen molar-refractivity contribution in [3.63, 3.8) is 0 Å². The van der Waals surface area contributed by atoms with E-state index in [9.17, 15) is 0 Å². The molecule has 0 heterocycles. The molecular weight excluding hydrogens is 468 g/mol. The van der Waals surface area contributed by atoms with Crippen LogP contribution in [0.2, 0.25) is 0 Å². The first-order valence-corrected chi connectivity index (χ1v) is 16.4. The Morgan fingerprint density at radius 2 is 0.692 bits per heavy atom. The van der Waals surface area contributed by atoms with Crippen molar-refractivity contribution in [3.05, 3.63) is 58.7 Å². The van der Waals surface area contributed by atoms with Gasteiger partial charge in [0, 0.05) is 0 Å². The van der Waals surface area contributed by atoms with Crippen molar-refractivity contribution in [3.8, 4) is 11.1 Å². The van der Waals surface area contributed by atoms with Crippen LogP contribution in [0, 0.1) is 39.0 Å². The van der Waals surface area contributed by atoms with Crippen LogP contribution in [0.25, 0.3) is 11.1 Å². The van der Waals surface area contributed by atoms with Crippen LogP contribution in [-0.2, 0) is 0 Å². The van der Waals surface area contributed by atoms with E-state index < -0.39 is 0 Å². The zero-order valence-corrected chi connectivity index (χ0v) is 32.0. The number of benzene rings is 2. The zero-order valence-electron chi connectivity index (χ0n) is 32.0. The molecule has 0 bridgehead atoms. The summed E-state index contributed by atoms with van der Waals surface area (Å²) in [7, 11) is 0. The van der Waals surface area contributed by atoms with Gasteiger partial charge in [0.05, 0.1) is 0 Å². The van der Waals surface area contributed by atoms with Crippen LogP contribution < -0.4 is 0 Å². The lowest BCUT2D eigenvalue weighted by atomic mass is 9.94. The number of hydrogen-bond donors (Lipinski definition) is 0. The molecule has 39 heavy (non-hydrogen) atoms. The van der Waals surface area contributed by atoms with Gasteiger partial charge in [-0.3, -0.25) is 0 Å². The lowest BCUT2D eigenvalue weighted by molar-refractivity contribution is 0.398. The Balaban J connectivity index is -0.0000000747. The van der Waals surface area contributed by atoms with E-state index in [1.165, 1.54) is 46.2 Å². The first-order valence-electron chi connectivity index (χ1n) is 16.4. The number of rotatable bonds is 1. The van der Waals surface area contributed by atoms with Gasteiger partial charge < -0.3 is 0 Å². The maximum absolute atomic E-state index is 2.24. The fraction of sp³-hybridized carbons (Fsp3) is 0.692. The summed E-state index contributed by atoms with van der Waals surface area (Å²) in [6.45, 7) is 48.3. The molecule has 0 N–H and O–H groups in total. The molecule has 0 aliphatic rings. The molecule has 0 atom stereocenters. The van der Waals surface area contributed by atoms with E-state index in [0.717, 1.165) is 5.92 Å². The highest BCUT2D eigenvalue weighted by atomic mass is 14.1. The molecule has 0 aliphatic carbocycles. The second-order valence-electron chi connectivity index (χ2n) is 9.99. The summed E-state index contributed by atoms with van der Waals surface area (Å²) >= 11 is 0. The van der Waals surface area contributed by atoms with Crippen molar-refractivity contribution in [2.75, 3.05) is 0 Å². The minimum absolute atomic E-state index is 0.542. The first kappa shape index (κ1) is 53.7. The maximum atomic E-state index is 2.24. The Morgan fingerprint density at radius 1 is 0.513 bits per heavy atom. The van der Waals surface area contributed by atoms with Gasteiger partial charge in [-0.25, -0.2) is 0 Å². The molecule has 0 nitrogen and oxygen atoms in total. The molecule has 0 saturated heterocycles. The van der Waals surface area contributed by atoms with Crippen molar-refractivity contribution in [2.24, 2.45) is 11.3 Å². The van der Waals surface area contributed by atoms with E-state index >= 15 is 0 Å². The summed E-state index contributed by atoms with van der Waals surface area (Å²) in [6, 6.07) is 13.3. The summed E-state index contributed by atoms with van der Waals surface area (Å²) in [5.41, 5.74) is 8.60. The largest absolute Gasteiger partial charge is 0.0683 e. The van der Waals surface area contributed by atoms with Crippen molar-refractivity contribution >= 4 is 0 Å². The molecule has 0 saturated carbocycles. The van der Waals surface area contributed by atoms with Crippen LogP contribution in [0.4, 0.5) is 0 Å². The van der Waals surface area contributed by atoms with Gasteiger partial charge in [-0.2, -0.15) is 0 Å². The minimum atomic E-state index is 0.542. The average molecular weight is 549 g/mol. The quantitative estimate of drug-likeness (QED) is 0.332. The maximum Gasteiger partial charge on any atom is -0.0152 e. The summed E-state index contributed by atoms with van der Waals surface area (Å²) < 4.78 is 0. The van der Waals surface area contributed by atoms with E-state index in [1.807, 2.05) is 69.2 Å². The standard InChI is InChI=1S/C16H18.C6H14.C4H10.C3H8.5C2H6/c1-11-5-7-15(13(3)9-11)16-8-6-12(2)10-14(16)4;1-5-6(2,3)4;1-4(2)3;1-3-2;5*1-2/h5-10H,1-4H3;5H2,1-4H3;4H,1-3H3;3H2,1-2H3;5*1-2H3. The normalized spacial score (nSPS) is 8.31. The Hall–Kier alpha value is -1.56. The van der Waals surface area contributed by atoms with Gasteiger partial charge in [0.15, 0.2) is 0 Å². The van der Waals surface area contributed by atoms with E-state index in [0.29, 0.717) is 5.41 Å². The number of hydrogen-bond acceptors (Lipinski definition) is 0. The Bertz CT molecular complexity index is 617. The molecule has 0 radical (unpaired) electrons. The van der Waals surface area contributed by atoms with Crippen molar-refractivity contribution in [1.82, 2.24) is 0 Å². The monoisotopic (exact) mass is 549 g/mol. The van der Waals surface area contributed by atoms with Gasteiger partial charge in [-0.1, -0.05) is 192 Å². The molecule has 0 amide bonds. The molecule has 0 aliphatic heterocycles. The van der Waals surface area contributed by atoms with Gasteiger partial charge in [-0.15, -0.1) is 0 Å². The SMILES string of the molecule is CC.CC.CC.CC.CC.CC(C)C.CCC.CCC(C)(C)C.Cc1ccc(-c2ccc(C)cc2C)c(C)c1. The zero-order chi connectivity index (χ0) is 33.2. The smallest absolute Gasteiger partial charge is 0.0152 e. The highest BCUT2D eigenvalue weighted by molar-refractivity contribution is 5.71. The average Bonchev–Trinajstić information content (AvgIpc) is 2.91. The molecule has 2 rings (SSSR count). The fourth-order valence-corrected chi connectivity index (χ4v) is 2.23. The number of aryl methyl sites for hydroxylation is 4. The molecule has 0 spiro atoms. The van der Waals surface area contributed by atoms with Crippen LogP contribution in [0.5, 0.6) is 0 Å². The molecule has 0 aromatic heterocycles. The summed E-state index contributed by atoms with van der Waals surface area (Å²) in [6.07, 6.45) is 2.52. The lowest BCUT2D eigenvalue weighted by Gasteiger charge is -2.12. The molecule has 0 unspecified atom stereocenters. The Labute approximate surface area is 252 Å². The summed E-state index contributed by atoms with van der Waals surface area (Å²) in [5, 5.41) is 0. The predicted molar refractivity (Wildman–Crippen MR) is 194 cm³/mol. The van der Waals surface area contributed by atoms with E-state index in [4.69, 9.17) is 0 Å². The molecular formula is C39H80. The Morgan fingerprint density at radius 3 is 0.821 bits per heavy atom. The van der Waals surface area contributed by atoms with Crippen molar-refractivity contribution < 1.29 is 0 Å². The van der Waals surface area contributed by atoms with Gasteiger partial charge in [-0.05, 0) is 61.3 Å². The summed E-state index contributed by atoms with van der Waals surface area (Å²) in [4.78, 5) is 0. The van der Waals surface area contributed by atoms with E-state index in [-0.39, 0.29) is 0 Å². The fourth-order valence-electron chi connectivity index (χ4n) is 2.23. The molecule has 0 fully saturated rings. The van der Waals surface area contributed by atoms with E-state index in [2.05, 4.69) is 126 Å². The molecule has 236 valence electrons. The van der Waals surface area contributed by atoms with E-state index in [1.54, 1.807) is 0 Å². The third-order valence-corrected chi connectivity index (χ3v) is 4.11. The summed E-state index contributed by atoms with van der Waals surface area (Å²) in [5.74, 6) is 0.833. The molecule has 0 heteroatoms. The molecule has 2 aromatic rings. The highest BCUT2D eigenvalue weighted by Crippen LogP contribution is 2.27. The van der Waals surface area contributed by atoms with Crippen LogP contribution in [0.15, 0.2) is 36.4 Å². The van der Waals surface area contributed by atoms with Gasteiger partial charge in [0.1, 0.15) is 0 Å². The van der Waals surface area contributed by atoms with Crippen molar-refractivity contribution in [2.45, 2.75) is 172 Å². The third-order valence-electron chi connectivity index (χ3n) is 4.11. The van der Waals surface area contributed by atoms with Gasteiger partial charge >= 0.3 is 0 Å². The third kappa shape index (κ3) is 43.7. The van der Waals surface area contributed by atoms with Crippen LogP contribution in [0.1, 0.15) is 167 Å². The van der Waals surface area contributed by atoms with Crippen LogP contribution >= 0.6 is 0 Å². The highest BCUT2D eigenvalue weighted by Gasteiger charge is 2.05. The van der Waals surface area contributed by atoms with Gasteiger partial charge in [0.2, 0.25) is 0 Å². The second kappa shape index (κ2) is 40.9. The van der Waals surface area contributed by atoms with Crippen LogP contribution in [0.3, 0.4) is 0 Å². The topological polar surface area (TPSA) is 0 Å². The Kier molecular flexibility index (Phi) is 56.3. The van der Waals surface area contributed by atoms with Crippen molar-refractivity contribution in [1.29, 1.82) is 0 Å². The second-order valence-corrected chi connectivity index (χ2v) is 9.99. The minimum Gasteiger partial charge on any atom is -0.0683 e.